The molecule has 2 aromatic heterocycles. The zero-order chi connectivity index (χ0) is 20.5. The highest BCUT2D eigenvalue weighted by Crippen LogP contribution is 2.37. The number of nitrogens with two attached hydrogens (primary N) is 1. The zero-order valence-corrected chi connectivity index (χ0v) is 17.1. The summed E-state index contributed by atoms with van der Waals surface area (Å²) in [5.74, 6) is 0.424. The van der Waals surface area contributed by atoms with Crippen LogP contribution in [-0.4, -0.2) is 15.9 Å². The van der Waals surface area contributed by atoms with E-state index in [0.29, 0.717) is 17.9 Å². The number of thiophene rings is 1. The lowest BCUT2D eigenvalue weighted by atomic mass is 9.91. The van der Waals surface area contributed by atoms with Gasteiger partial charge in [0.25, 0.3) is 0 Å². The smallest absolute Gasteiger partial charge is 0.230 e. The minimum Gasteiger partial charge on any atom is -0.399 e. The Bertz CT molecular complexity index is 1220. The van der Waals surface area contributed by atoms with E-state index in [-0.39, 0.29) is 5.91 Å². The summed E-state index contributed by atoms with van der Waals surface area (Å²) in [6, 6.07) is 19.6. The number of nitrogen functional groups attached to an aromatic ring is 1. The number of carbonyl (C=O) groups is 1. The van der Waals surface area contributed by atoms with Crippen molar-refractivity contribution in [3.05, 3.63) is 82.9 Å². The highest BCUT2D eigenvalue weighted by molar-refractivity contribution is 7.13. The van der Waals surface area contributed by atoms with Crippen LogP contribution < -0.4 is 11.1 Å². The van der Waals surface area contributed by atoms with Crippen molar-refractivity contribution in [3.8, 4) is 21.8 Å². The molecule has 5 nitrogen and oxygen atoms in total. The maximum atomic E-state index is 12.7. The Balaban J connectivity index is 1.55. The third-order valence-electron chi connectivity index (χ3n) is 5.20. The number of aryl methyl sites for hydroxylation is 2. The lowest BCUT2D eigenvalue weighted by Gasteiger charge is -2.21. The summed E-state index contributed by atoms with van der Waals surface area (Å²) in [6.45, 7) is 0. The monoisotopic (exact) mass is 412 g/mol. The average Bonchev–Trinajstić information content (AvgIpc) is 3.28. The first-order valence-electron chi connectivity index (χ1n) is 9.85. The van der Waals surface area contributed by atoms with Crippen molar-refractivity contribution in [3.63, 3.8) is 0 Å². The number of carbonyl (C=O) groups excluding carboxylic acids is 1. The number of rotatable bonds is 4. The number of fused-ring (bicyclic) bond motifs is 3. The molecule has 3 N–H and O–H groups in total. The maximum absolute atomic E-state index is 12.7. The molecular weight excluding hydrogens is 392 g/mol. The molecule has 148 valence electrons. The molecule has 1 aliphatic carbocycles. The summed E-state index contributed by atoms with van der Waals surface area (Å²) in [4.78, 5) is 23.5. The predicted octanol–water partition coefficient (Wildman–Crippen LogP) is 4.73. The molecule has 1 amide bonds. The van der Waals surface area contributed by atoms with Gasteiger partial charge in [0.1, 0.15) is 5.69 Å². The van der Waals surface area contributed by atoms with Gasteiger partial charge in [-0.15, -0.1) is 11.3 Å². The molecule has 0 spiro atoms. The van der Waals surface area contributed by atoms with E-state index in [4.69, 9.17) is 15.7 Å². The van der Waals surface area contributed by atoms with Crippen molar-refractivity contribution in [1.82, 2.24) is 9.97 Å². The largest absolute Gasteiger partial charge is 0.399 e. The molecule has 0 saturated heterocycles. The second-order valence-electron chi connectivity index (χ2n) is 7.32. The van der Waals surface area contributed by atoms with Crippen LogP contribution >= 0.6 is 11.3 Å². The van der Waals surface area contributed by atoms with Crippen LogP contribution in [0.3, 0.4) is 0 Å². The molecule has 4 aromatic rings. The minimum absolute atomic E-state index is 0.0998. The molecule has 0 atom stereocenters. The second-order valence-corrected chi connectivity index (χ2v) is 8.27. The quantitative estimate of drug-likeness (QED) is 0.475. The standard InChI is InChI=1S/C24H20N4OS/c25-17-9-10-18-16(14-17)8-11-19-22(18)28-23(20-7-4-12-30-20)24(26-19)27-21(29)13-15-5-2-1-3-6-15/h1-7,9-10,12,14H,8,11,13,25H2,(H,26,27,29). The summed E-state index contributed by atoms with van der Waals surface area (Å²) in [7, 11) is 0. The molecule has 0 saturated carbocycles. The number of amides is 1. The third-order valence-corrected chi connectivity index (χ3v) is 6.08. The molecule has 5 rings (SSSR count). The highest BCUT2D eigenvalue weighted by atomic mass is 32.1. The van der Waals surface area contributed by atoms with E-state index in [1.54, 1.807) is 11.3 Å². The molecule has 0 aliphatic heterocycles. The first-order chi connectivity index (χ1) is 14.7. The predicted molar refractivity (Wildman–Crippen MR) is 121 cm³/mol. The number of nitrogens with zero attached hydrogens (tertiary/aromatic N) is 2. The van der Waals surface area contributed by atoms with Crippen LogP contribution in [0.15, 0.2) is 66.0 Å². The summed E-state index contributed by atoms with van der Waals surface area (Å²) in [6.07, 6.45) is 1.93. The van der Waals surface area contributed by atoms with Crippen molar-refractivity contribution in [2.24, 2.45) is 0 Å². The Morgan fingerprint density at radius 1 is 1.00 bits per heavy atom. The van der Waals surface area contributed by atoms with Crippen LogP contribution in [0.25, 0.3) is 21.8 Å². The summed E-state index contributed by atoms with van der Waals surface area (Å²) < 4.78 is 0. The van der Waals surface area contributed by atoms with Gasteiger partial charge in [0.2, 0.25) is 5.91 Å². The lowest BCUT2D eigenvalue weighted by molar-refractivity contribution is -0.115. The highest BCUT2D eigenvalue weighted by Gasteiger charge is 2.23. The molecule has 0 radical (unpaired) electrons. The van der Waals surface area contributed by atoms with Crippen molar-refractivity contribution in [2.45, 2.75) is 19.3 Å². The number of anilines is 2. The Labute approximate surface area is 178 Å². The van der Waals surface area contributed by atoms with Gasteiger partial charge in [0.05, 0.1) is 22.7 Å². The SMILES string of the molecule is Nc1ccc2c(c1)CCc1nc(NC(=O)Cc3ccccc3)c(-c3cccs3)nc1-2. The topological polar surface area (TPSA) is 80.9 Å². The van der Waals surface area contributed by atoms with Crippen LogP contribution in [0.5, 0.6) is 0 Å². The second kappa shape index (κ2) is 7.72. The third kappa shape index (κ3) is 3.57. The van der Waals surface area contributed by atoms with E-state index in [2.05, 4.69) is 5.32 Å². The van der Waals surface area contributed by atoms with Crippen molar-refractivity contribution >= 4 is 28.7 Å². The van der Waals surface area contributed by atoms with Gasteiger partial charge in [-0.2, -0.15) is 0 Å². The van der Waals surface area contributed by atoms with E-state index in [0.717, 1.165) is 45.9 Å². The van der Waals surface area contributed by atoms with Crippen LogP contribution in [0.4, 0.5) is 11.5 Å². The number of benzene rings is 2. The lowest BCUT2D eigenvalue weighted by Crippen LogP contribution is -2.18. The number of hydrogen-bond acceptors (Lipinski definition) is 5. The average molecular weight is 413 g/mol. The molecule has 30 heavy (non-hydrogen) atoms. The van der Waals surface area contributed by atoms with E-state index < -0.39 is 0 Å². The first kappa shape index (κ1) is 18.5. The summed E-state index contributed by atoms with van der Waals surface area (Å²) >= 11 is 1.58. The van der Waals surface area contributed by atoms with Gasteiger partial charge in [0, 0.05) is 11.3 Å². The van der Waals surface area contributed by atoms with Gasteiger partial charge in [-0.1, -0.05) is 42.5 Å². The molecule has 0 fully saturated rings. The Morgan fingerprint density at radius 3 is 2.67 bits per heavy atom. The number of hydrogen-bond donors (Lipinski definition) is 2. The minimum atomic E-state index is -0.0998. The first-order valence-corrected chi connectivity index (χ1v) is 10.7. The van der Waals surface area contributed by atoms with Crippen LogP contribution in [0.1, 0.15) is 16.8 Å². The van der Waals surface area contributed by atoms with E-state index in [9.17, 15) is 4.79 Å². The maximum Gasteiger partial charge on any atom is 0.230 e. The van der Waals surface area contributed by atoms with Gasteiger partial charge in [-0.05, 0) is 47.5 Å². The molecule has 0 bridgehead atoms. The van der Waals surface area contributed by atoms with Crippen LogP contribution in [0.2, 0.25) is 0 Å². The van der Waals surface area contributed by atoms with Gasteiger partial charge in [0.15, 0.2) is 5.82 Å². The van der Waals surface area contributed by atoms with Crippen LogP contribution in [0, 0.1) is 0 Å². The fourth-order valence-corrected chi connectivity index (χ4v) is 4.51. The Morgan fingerprint density at radius 2 is 1.87 bits per heavy atom. The number of nitrogens with one attached hydrogen (secondary N) is 1. The fraction of sp³-hybridized carbons (Fsp3) is 0.125. The fourth-order valence-electron chi connectivity index (χ4n) is 3.79. The molecule has 1 aliphatic rings. The molecule has 2 heterocycles. The van der Waals surface area contributed by atoms with Crippen LogP contribution in [-0.2, 0) is 24.1 Å². The molecule has 0 unspecified atom stereocenters. The molecule has 2 aromatic carbocycles. The van der Waals surface area contributed by atoms with E-state index in [1.165, 1.54) is 5.56 Å². The Hall–Kier alpha value is -3.51. The normalized spacial score (nSPS) is 12.1. The van der Waals surface area contributed by atoms with Gasteiger partial charge < -0.3 is 11.1 Å². The van der Waals surface area contributed by atoms with Gasteiger partial charge in [-0.25, -0.2) is 9.97 Å². The summed E-state index contributed by atoms with van der Waals surface area (Å²) in [5, 5.41) is 5.01. The Kier molecular flexibility index (Phi) is 4.77. The van der Waals surface area contributed by atoms with E-state index in [1.807, 2.05) is 66.0 Å². The van der Waals surface area contributed by atoms with Crippen molar-refractivity contribution < 1.29 is 4.79 Å². The van der Waals surface area contributed by atoms with Crippen molar-refractivity contribution in [1.29, 1.82) is 0 Å². The van der Waals surface area contributed by atoms with Crippen molar-refractivity contribution in [2.75, 3.05) is 11.1 Å². The summed E-state index contributed by atoms with van der Waals surface area (Å²) in [5.41, 5.74) is 12.4. The van der Waals surface area contributed by atoms with Gasteiger partial charge >= 0.3 is 0 Å². The van der Waals surface area contributed by atoms with E-state index >= 15 is 0 Å². The van der Waals surface area contributed by atoms with Gasteiger partial charge in [-0.3, -0.25) is 4.79 Å². The zero-order valence-electron chi connectivity index (χ0n) is 16.3. The molecule has 6 heteroatoms. The molecular formula is C24H20N4OS. The number of aromatic nitrogens is 2.